The first-order chi connectivity index (χ1) is 9.51. The first-order valence-corrected chi connectivity index (χ1v) is 5.82. The van der Waals surface area contributed by atoms with Gasteiger partial charge in [-0.15, -0.1) is 0 Å². The number of rotatable bonds is 4. The van der Waals surface area contributed by atoms with Gasteiger partial charge in [-0.05, 0) is 41.8 Å². The summed E-state index contributed by atoms with van der Waals surface area (Å²) in [6, 6.07) is 4.57. The highest BCUT2D eigenvalue weighted by Gasteiger charge is 2.17. The zero-order valence-electron chi connectivity index (χ0n) is 10.4. The van der Waals surface area contributed by atoms with E-state index in [1.165, 1.54) is 6.20 Å². The molecule has 0 spiro atoms. The molecule has 0 aliphatic rings. The number of aromatic nitrogens is 1. The molecule has 0 bridgehead atoms. The Balaban J connectivity index is 2.29. The van der Waals surface area contributed by atoms with Crippen molar-refractivity contribution in [3.63, 3.8) is 0 Å². The number of halogens is 3. The first kappa shape index (κ1) is 14.3. The molecular weight excluding hydrogens is 269 g/mol. The predicted molar refractivity (Wildman–Crippen MR) is 68.7 cm³/mol. The minimum absolute atomic E-state index is 0.208. The third-order valence-corrected chi connectivity index (χ3v) is 2.90. The number of nitrogens with one attached hydrogen (secondary N) is 1. The first-order valence-electron chi connectivity index (χ1n) is 5.82. The van der Waals surface area contributed by atoms with E-state index < -0.39 is 23.5 Å². The highest BCUT2D eigenvalue weighted by atomic mass is 19.2. The molecule has 0 radical (unpaired) electrons. The molecule has 2 rings (SSSR count). The molecule has 20 heavy (non-hydrogen) atoms. The summed E-state index contributed by atoms with van der Waals surface area (Å²) < 4.78 is 39.4. The Hall–Kier alpha value is -2.12. The Labute approximate surface area is 113 Å². The van der Waals surface area contributed by atoms with Crippen LogP contribution in [-0.2, 0) is 6.42 Å². The van der Waals surface area contributed by atoms with Gasteiger partial charge in [0.1, 0.15) is 5.82 Å². The highest BCUT2D eigenvalue weighted by molar-refractivity contribution is 5.33. The number of nitrogens with two attached hydrogens (primary N) is 2. The number of nitrogen functional groups attached to an aromatic ring is 1. The summed E-state index contributed by atoms with van der Waals surface area (Å²) in [4.78, 5) is 3.84. The standard InChI is InChI=1S/C13H13F3N4/c14-9-5-8(6-10(15)13(9)16)11(20-18)3-7-1-2-19-12(17)4-7/h1-2,4-6,11,20H,3,18H2,(H2,17,19). The van der Waals surface area contributed by atoms with Crippen molar-refractivity contribution in [2.75, 3.05) is 5.73 Å². The van der Waals surface area contributed by atoms with Crippen LogP contribution in [0.15, 0.2) is 30.5 Å². The molecule has 2 aromatic rings. The second-order valence-electron chi connectivity index (χ2n) is 4.31. The Morgan fingerprint density at radius 1 is 1.15 bits per heavy atom. The molecule has 0 aliphatic heterocycles. The molecule has 5 N–H and O–H groups in total. The molecule has 1 aromatic carbocycles. The van der Waals surface area contributed by atoms with Gasteiger partial charge in [-0.25, -0.2) is 18.2 Å². The number of hydrazine groups is 1. The quantitative estimate of drug-likeness (QED) is 0.454. The second-order valence-corrected chi connectivity index (χ2v) is 4.31. The van der Waals surface area contributed by atoms with Crippen molar-refractivity contribution in [3.05, 3.63) is 59.0 Å². The van der Waals surface area contributed by atoms with Gasteiger partial charge >= 0.3 is 0 Å². The molecule has 0 fully saturated rings. The molecule has 0 amide bonds. The predicted octanol–water partition coefficient (Wildman–Crippen LogP) is 1.83. The average molecular weight is 282 g/mol. The van der Waals surface area contributed by atoms with Crippen LogP contribution in [0.3, 0.4) is 0 Å². The van der Waals surface area contributed by atoms with E-state index in [0.29, 0.717) is 12.2 Å². The van der Waals surface area contributed by atoms with Gasteiger partial charge < -0.3 is 5.73 Å². The number of hydrogen-bond donors (Lipinski definition) is 3. The van der Waals surface area contributed by atoms with E-state index in [4.69, 9.17) is 11.6 Å². The van der Waals surface area contributed by atoms with E-state index in [2.05, 4.69) is 10.4 Å². The van der Waals surface area contributed by atoms with E-state index in [1.807, 2.05) is 0 Å². The van der Waals surface area contributed by atoms with E-state index in [1.54, 1.807) is 12.1 Å². The van der Waals surface area contributed by atoms with Crippen LogP contribution >= 0.6 is 0 Å². The van der Waals surface area contributed by atoms with Crippen molar-refractivity contribution in [2.45, 2.75) is 12.5 Å². The molecule has 1 atom stereocenters. The lowest BCUT2D eigenvalue weighted by atomic mass is 9.99. The fourth-order valence-corrected chi connectivity index (χ4v) is 1.91. The minimum Gasteiger partial charge on any atom is -0.384 e. The normalized spacial score (nSPS) is 12.4. The molecule has 1 aromatic heterocycles. The van der Waals surface area contributed by atoms with E-state index in [9.17, 15) is 13.2 Å². The SMILES string of the molecule is NNC(Cc1ccnc(N)c1)c1cc(F)c(F)c(F)c1. The van der Waals surface area contributed by atoms with Gasteiger partial charge in [-0.3, -0.25) is 11.3 Å². The van der Waals surface area contributed by atoms with Crippen LogP contribution in [0.1, 0.15) is 17.2 Å². The van der Waals surface area contributed by atoms with Gasteiger partial charge in [0.15, 0.2) is 17.5 Å². The summed E-state index contributed by atoms with van der Waals surface area (Å²) in [6.07, 6.45) is 1.85. The number of benzene rings is 1. The molecule has 106 valence electrons. The maximum absolute atomic E-state index is 13.2. The topological polar surface area (TPSA) is 77.0 Å². The number of anilines is 1. The largest absolute Gasteiger partial charge is 0.384 e. The molecule has 1 heterocycles. The smallest absolute Gasteiger partial charge is 0.194 e. The molecule has 0 saturated carbocycles. The highest BCUT2D eigenvalue weighted by Crippen LogP contribution is 2.22. The van der Waals surface area contributed by atoms with Gasteiger partial charge in [-0.1, -0.05) is 0 Å². The van der Waals surface area contributed by atoms with Crippen molar-refractivity contribution in [1.29, 1.82) is 0 Å². The maximum Gasteiger partial charge on any atom is 0.194 e. The monoisotopic (exact) mass is 282 g/mol. The van der Waals surface area contributed by atoms with Crippen LogP contribution in [0, 0.1) is 17.5 Å². The number of nitrogens with zero attached hydrogens (tertiary/aromatic N) is 1. The minimum atomic E-state index is -1.50. The van der Waals surface area contributed by atoms with Gasteiger partial charge in [0, 0.05) is 6.20 Å². The molecule has 4 nitrogen and oxygen atoms in total. The third kappa shape index (κ3) is 3.06. The fraction of sp³-hybridized carbons (Fsp3) is 0.154. The van der Waals surface area contributed by atoms with Crippen LogP contribution in [0.2, 0.25) is 0 Å². The van der Waals surface area contributed by atoms with Gasteiger partial charge in [0.2, 0.25) is 0 Å². The summed E-state index contributed by atoms with van der Waals surface area (Å²) >= 11 is 0. The van der Waals surface area contributed by atoms with Crippen molar-refractivity contribution in [3.8, 4) is 0 Å². The number of pyridine rings is 1. The lowest BCUT2D eigenvalue weighted by molar-refractivity contribution is 0.439. The van der Waals surface area contributed by atoms with Crippen LogP contribution in [0.4, 0.5) is 19.0 Å². The summed E-state index contributed by atoms with van der Waals surface area (Å²) in [5.41, 5.74) is 8.98. The Morgan fingerprint density at radius 2 is 1.80 bits per heavy atom. The summed E-state index contributed by atoms with van der Waals surface area (Å²) in [5.74, 6) is 1.71. The Bertz CT molecular complexity index is 595. The maximum atomic E-state index is 13.2. The van der Waals surface area contributed by atoms with E-state index in [-0.39, 0.29) is 5.56 Å². The Morgan fingerprint density at radius 3 is 2.35 bits per heavy atom. The van der Waals surface area contributed by atoms with Gasteiger partial charge in [0.25, 0.3) is 0 Å². The van der Waals surface area contributed by atoms with Crippen LogP contribution < -0.4 is 17.0 Å². The Kier molecular flexibility index (Phi) is 4.21. The van der Waals surface area contributed by atoms with Gasteiger partial charge in [0.05, 0.1) is 6.04 Å². The van der Waals surface area contributed by atoms with E-state index in [0.717, 1.165) is 17.7 Å². The van der Waals surface area contributed by atoms with Gasteiger partial charge in [-0.2, -0.15) is 0 Å². The summed E-state index contributed by atoms with van der Waals surface area (Å²) in [7, 11) is 0. The second kappa shape index (κ2) is 5.89. The lowest BCUT2D eigenvalue weighted by Gasteiger charge is -2.17. The molecule has 0 saturated heterocycles. The zero-order chi connectivity index (χ0) is 14.7. The van der Waals surface area contributed by atoms with Crippen molar-refractivity contribution >= 4 is 5.82 Å². The lowest BCUT2D eigenvalue weighted by Crippen LogP contribution is -2.30. The van der Waals surface area contributed by atoms with Crippen molar-refractivity contribution in [1.82, 2.24) is 10.4 Å². The van der Waals surface area contributed by atoms with Crippen LogP contribution in [-0.4, -0.2) is 4.98 Å². The van der Waals surface area contributed by atoms with Crippen LogP contribution in [0.5, 0.6) is 0 Å². The van der Waals surface area contributed by atoms with Crippen molar-refractivity contribution < 1.29 is 13.2 Å². The van der Waals surface area contributed by atoms with Crippen LogP contribution in [0.25, 0.3) is 0 Å². The van der Waals surface area contributed by atoms with Crippen molar-refractivity contribution in [2.24, 2.45) is 5.84 Å². The molecule has 1 unspecified atom stereocenters. The van der Waals surface area contributed by atoms with E-state index >= 15 is 0 Å². The summed E-state index contributed by atoms with van der Waals surface area (Å²) in [5, 5.41) is 0. The summed E-state index contributed by atoms with van der Waals surface area (Å²) in [6.45, 7) is 0. The molecule has 7 heteroatoms. The molecular formula is C13H13F3N4. The fourth-order valence-electron chi connectivity index (χ4n) is 1.91. The zero-order valence-corrected chi connectivity index (χ0v) is 10.4. The molecule has 0 aliphatic carbocycles. The number of hydrogen-bond acceptors (Lipinski definition) is 4. The third-order valence-electron chi connectivity index (χ3n) is 2.90. The average Bonchev–Trinajstić information content (AvgIpc) is 2.41.